The lowest BCUT2D eigenvalue weighted by molar-refractivity contribution is 0.0976. The summed E-state index contributed by atoms with van der Waals surface area (Å²) >= 11 is 0. The summed E-state index contributed by atoms with van der Waals surface area (Å²) in [6.07, 6.45) is 0. The number of amides is 1. The van der Waals surface area contributed by atoms with Crippen LogP contribution in [-0.4, -0.2) is 33.2 Å². The number of methoxy groups -OCH3 is 1. The van der Waals surface area contributed by atoms with Crippen molar-refractivity contribution >= 4 is 22.6 Å². The lowest BCUT2D eigenvalue weighted by Crippen LogP contribution is -2.21. The normalized spacial score (nSPS) is 10.8. The number of primary amides is 1. The molecule has 0 unspecified atom stereocenters. The SMILES string of the molecule is COCCN(C)c1ccc2cc(C(N)=O)oc2c1. The van der Waals surface area contributed by atoms with E-state index in [1.807, 2.05) is 25.2 Å². The maximum absolute atomic E-state index is 11.0. The molecule has 1 heterocycles. The Morgan fingerprint density at radius 2 is 2.22 bits per heavy atom. The summed E-state index contributed by atoms with van der Waals surface area (Å²) in [5.41, 5.74) is 6.84. The molecule has 0 spiro atoms. The predicted molar refractivity (Wildman–Crippen MR) is 69.9 cm³/mol. The van der Waals surface area contributed by atoms with E-state index in [0.29, 0.717) is 12.2 Å². The molecule has 0 atom stereocenters. The van der Waals surface area contributed by atoms with Crippen LogP contribution < -0.4 is 10.6 Å². The van der Waals surface area contributed by atoms with Crippen molar-refractivity contribution in [3.63, 3.8) is 0 Å². The average Bonchev–Trinajstić information content (AvgIpc) is 2.78. The topological polar surface area (TPSA) is 68.7 Å². The molecule has 0 aliphatic carbocycles. The number of furan rings is 1. The molecule has 0 saturated heterocycles. The molecule has 0 saturated carbocycles. The van der Waals surface area contributed by atoms with E-state index in [0.717, 1.165) is 17.6 Å². The second kappa shape index (κ2) is 5.10. The Kier molecular flexibility index (Phi) is 3.53. The van der Waals surface area contributed by atoms with Crippen molar-refractivity contribution in [3.8, 4) is 0 Å². The van der Waals surface area contributed by atoms with Gasteiger partial charge in [-0.05, 0) is 18.2 Å². The van der Waals surface area contributed by atoms with Gasteiger partial charge in [-0.2, -0.15) is 0 Å². The minimum absolute atomic E-state index is 0.182. The van der Waals surface area contributed by atoms with Gasteiger partial charge in [0.05, 0.1) is 6.61 Å². The summed E-state index contributed by atoms with van der Waals surface area (Å²) in [5.74, 6) is -0.373. The van der Waals surface area contributed by atoms with Crippen LogP contribution in [0.1, 0.15) is 10.6 Å². The van der Waals surface area contributed by atoms with Crippen LogP contribution in [0, 0.1) is 0 Å². The fraction of sp³-hybridized carbons (Fsp3) is 0.308. The van der Waals surface area contributed by atoms with E-state index in [1.165, 1.54) is 0 Å². The summed E-state index contributed by atoms with van der Waals surface area (Å²) in [5, 5.41) is 0.868. The Balaban J connectivity index is 2.29. The first kappa shape index (κ1) is 12.4. The molecule has 5 heteroatoms. The molecule has 5 nitrogen and oxygen atoms in total. The first-order valence-electron chi connectivity index (χ1n) is 5.65. The molecule has 2 N–H and O–H groups in total. The summed E-state index contributed by atoms with van der Waals surface area (Å²) in [6.45, 7) is 1.44. The van der Waals surface area contributed by atoms with Crippen LogP contribution in [0.2, 0.25) is 0 Å². The van der Waals surface area contributed by atoms with Gasteiger partial charge in [0.1, 0.15) is 5.58 Å². The van der Waals surface area contributed by atoms with Crippen molar-refractivity contribution < 1.29 is 13.9 Å². The van der Waals surface area contributed by atoms with E-state index in [9.17, 15) is 4.79 Å². The Hall–Kier alpha value is -2.01. The number of carbonyl (C=O) groups excluding carboxylic acids is 1. The zero-order valence-electron chi connectivity index (χ0n) is 10.5. The van der Waals surface area contributed by atoms with Crippen LogP contribution in [0.3, 0.4) is 0 Å². The van der Waals surface area contributed by atoms with Gasteiger partial charge in [0.2, 0.25) is 0 Å². The summed E-state index contributed by atoms with van der Waals surface area (Å²) in [6, 6.07) is 7.41. The van der Waals surface area contributed by atoms with E-state index in [2.05, 4.69) is 4.90 Å². The number of benzene rings is 1. The summed E-state index contributed by atoms with van der Waals surface area (Å²) in [4.78, 5) is 13.1. The molecule has 1 aromatic carbocycles. The van der Waals surface area contributed by atoms with Crippen LogP contribution in [0.25, 0.3) is 11.0 Å². The van der Waals surface area contributed by atoms with Gasteiger partial charge in [-0.25, -0.2) is 0 Å². The third-order valence-corrected chi connectivity index (χ3v) is 2.82. The number of nitrogens with zero attached hydrogens (tertiary/aromatic N) is 1. The molecule has 18 heavy (non-hydrogen) atoms. The quantitative estimate of drug-likeness (QED) is 0.872. The molecular weight excluding hydrogens is 232 g/mol. The van der Waals surface area contributed by atoms with Gasteiger partial charge in [-0.1, -0.05) is 0 Å². The molecule has 96 valence electrons. The van der Waals surface area contributed by atoms with E-state index >= 15 is 0 Å². The Morgan fingerprint density at radius 1 is 1.44 bits per heavy atom. The molecule has 0 bridgehead atoms. The highest BCUT2D eigenvalue weighted by Gasteiger charge is 2.10. The maximum atomic E-state index is 11.0. The van der Waals surface area contributed by atoms with Crippen LogP contribution in [0.5, 0.6) is 0 Å². The number of rotatable bonds is 5. The van der Waals surface area contributed by atoms with Crippen LogP contribution in [0.4, 0.5) is 5.69 Å². The van der Waals surface area contributed by atoms with Crippen LogP contribution in [-0.2, 0) is 4.74 Å². The Bertz CT molecular complexity index is 562. The minimum Gasteiger partial charge on any atom is -0.451 e. The monoisotopic (exact) mass is 248 g/mol. The highest BCUT2D eigenvalue weighted by molar-refractivity contribution is 5.95. The molecule has 0 aliphatic rings. The van der Waals surface area contributed by atoms with Crippen molar-refractivity contribution in [2.24, 2.45) is 5.73 Å². The Labute approximate surface area is 105 Å². The van der Waals surface area contributed by atoms with Crippen molar-refractivity contribution in [1.82, 2.24) is 0 Å². The standard InChI is InChI=1S/C13H16N2O3/c1-15(5-6-17-2)10-4-3-9-7-12(13(14)16)18-11(9)8-10/h3-4,7-8H,5-6H2,1-2H3,(H2,14,16). The number of anilines is 1. The molecule has 1 amide bonds. The highest BCUT2D eigenvalue weighted by atomic mass is 16.5. The van der Waals surface area contributed by atoms with Crippen molar-refractivity contribution in [2.45, 2.75) is 0 Å². The van der Waals surface area contributed by atoms with Gasteiger partial charge in [0.15, 0.2) is 5.76 Å². The average molecular weight is 248 g/mol. The largest absolute Gasteiger partial charge is 0.451 e. The lowest BCUT2D eigenvalue weighted by atomic mass is 10.2. The number of likely N-dealkylation sites (N-methyl/N-ethyl adjacent to an activating group) is 1. The third kappa shape index (κ3) is 2.46. The smallest absolute Gasteiger partial charge is 0.284 e. The molecule has 1 aromatic heterocycles. The molecule has 0 aliphatic heterocycles. The van der Waals surface area contributed by atoms with Crippen LogP contribution >= 0.6 is 0 Å². The summed E-state index contributed by atoms with van der Waals surface area (Å²) < 4.78 is 10.4. The number of hydrogen-bond donors (Lipinski definition) is 1. The van der Waals surface area contributed by atoms with E-state index in [-0.39, 0.29) is 5.76 Å². The Morgan fingerprint density at radius 3 is 2.89 bits per heavy atom. The number of carbonyl (C=O) groups is 1. The second-order valence-electron chi connectivity index (χ2n) is 4.11. The number of nitrogens with two attached hydrogens (primary N) is 1. The van der Waals surface area contributed by atoms with Crippen molar-refractivity contribution in [3.05, 3.63) is 30.0 Å². The third-order valence-electron chi connectivity index (χ3n) is 2.82. The van der Waals surface area contributed by atoms with Crippen molar-refractivity contribution in [1.29, 1.82) is 0 Å². The van der Waals surface area contributed by atoms with Gasteiger partial charge in [-0.15, -0.1) is 0 Å². The van der Waals surface area contributed by atoms with E-state index < -0.39 is 5.91 Å². The van der Waals surface area contributed by atoms with Gasteiger partial charge in [0, 0.05) is 37.8 Å². The van der Waals surface area contributed by atoms with E-state index in [4.69, 9.17) is 14.9 Å². The fourth-order valence-electron chi connectivity index (χ4n) is 1.74. The zero-order valence-corrected chi connectivity index (χ0v) is 10.5. The predicted octanol–water partition coefficient (Wildman–Crippen LogP) is 1.61. The van der Waals surface area contributed by atoms with E-state index in [1.54, 1.807) is 13.2 Å². The number of fused-ring (bicyclic) bond motifs is 1. The second-order valence-corrected chi connectivity index (χ2v) is 4.11. The molecule has 0 radical (unpaired) electrons. The molecule has 2 aromatic rings. The minimum atomic E-state index is -0.555. The molecule has 0 fully saturated rings. The van der Waals surface area contributed by atoms with Crippen molar-refractivity contribution in [2.75, 3.05) is 32.2 Å². The van der Waals surface area contributed by atoms with Gasteiger partial charge >= 0.3 is 0 Å². The molecular formula is C13H16N2O3. The molecule has 2 rings (SSSR count). The number of hydrogen-bond acceptors (Lipinski definition) is 4. The highest BCUT2D eigenvalue weighted by Crippen LogP contribution is 2.24. The summed E-state index contributed by atoms with van der Waals surface area (Å²) in [7, 11) is 3.64. The first-order valence-corrected chi connectivity index (χ1v) is 5.65. The number of ether oxygens (including phenoxy) is 1. The fourth-order valence-corrected chi connectivity index (χ4v) is 1.74. The first-order chi connectivity index (χ1) is 8.61. The van der Waals surface area contributed by atoms with Gasteiger partial charge in [-0.3, -0.25) is 4.79 Å². The van der Waals surface area contributed by atoms with Gasteiger partial charge in [0.25, 0.3) is 5.91 Å². The lowest BCUT2D eigenvalue weighted by Gasteiger charge is -2.18. The maximum Gasteiger partial charge on any atom is 0.284 e. The zero-order chi connectivity index (χ0) is 13.1. The van der Waals surface area contributed by atoms with Gasteiger partial charge < -0.3 is 19.8 Å². The van der Waals surface area contributed by atoms with Crippen LogP contribution in [0.15, 0.2) is 28.7 Å².